The molecule has 0 spiro atoms. The lowest BCUT2D eigenvalue weighted by Gasteiger charge is -2.40. The van der Waals surface area contributed by atoms with Crippen molar-refractivity contribution < 1.29 is 14.0 Å². The third kappa shape index (κ3) is 3.72. The molecule has 0 aromatic carbocycles. The largest absolute Gasteiger partial charge is 0.371 e. The normalized spacial score (nSPS) is 28.6. The van der Waals surface area contributed by atoms with E-state index in [0.29, 0.717) is 19.5 Å². The molecule has 2 atom stereocenters. The van der Waals surface area contributed by atoms with Crippen molar-refractivity contribution in [3.05, 3.63) is 70.8 Å². The van der Waals surface area contributed by atoms with Gasteiger partial charge >= 0.3 is 6.03 Å². The second-order valence-corrected chi connectivity index (χ2v) is 8.43. The molecular formula is C23H27FN4O2. The summed E-state index contributed by atoms with van der Waals surface area (Å²) >= 11 is 0. The van der Waals surface area contributed by atoms with Gasteiger partial charge in [0.2, 0.25) is 5.91 Å². The first-order valence-corrected chi connectivity index (χ1v) is 10.2. The van der Waals surface area contributed by atoms with Gasteiger partial charge < -0.3 is 20.9 Å². The van der Waals surface area contributed by atoms with Crippen LogP contribution in [0.5, 0.6) is 0 Å². The molecule has 2 aliphatic heterocycles. The summed E-state index contributed by atoms with van der Waals surface area (Å²) in [5, 5.41) is 3.32. The number of likely N-dealkylation sites (N-methyl/N-ethyl adjacent to an activating group) is 1. The zero-order valence-electron chi connectivity index (χ0n) is 17.3. The van der Waals surface area contributed by atoms with E-state index in [9.17, 15) is 14.0 Å². The number of carbonyl (C=O) groups excluding carboxylic acids is 2. The number of hydrogen-bond donors (Lipinski definition) is 2. The van der Waals surface area contributed by atoms with E-state index in [1.807, 2.05) is 17.1 Å². The highest BCUT2D eigenvalue weighted by atomic mass is 19.1. The van der Waals surface area contributed by atoms with Crippen molar-refractivity contribution in [1.82, 2.24) is 15.1 Å². The van der Waals surface area contributed by atoms with Crippen LogP contribution in [0.3, 0.4) is 0 Å². The Morgan fingerprint density at radius 3 is 2.87 bits per heavy atom. The molecule has 30 heavy (non-hydrogen) atoms. The number of urea groups is 1. The number of halogens is 1. The lowest BCUT2D eigenvalue weighted by atomic mass is 9.75. The number of primary amides is 1. The molecule has 158 valence electrons. The molecule has 7 heteroatoms. The number of nitrogens with zero attached hydrogens (tertiary/aromatic N) is 2. The molecule has 1 fully saturated rings. The maximum absolute atomic E-state index is 13.7. The van der Waals surface area contributed by atoms with Gasteiger partial charge in [0.05, 0.1) is 0 Å². The third-order valence-electron chi connectivity index (χ3n) is 6.17. The molecule has 0 aromatic rings. The van der Waals surface area contributed by atoms with Gasteiger partial charge in [-0.1, -0.05) is 18.2 Å². The van der Waals surface area contributed by atoms with Crippen LogP contribution in [0, 0.1) is 5.92 Å². The van der Waals surface area contributed by atoms with Crippen molar-refractivity contribution in [1.29, 1.82) is 0 Å². The quantitative estimate of drug-likeness (QED) is 0.748. The fourth-order valence-electron chi connectivity index (χ4n) is 4.37. The molecular weight excluding hydrogens is 383 g/mol. The SMILES string of the molecule is CN1CCN(CC2=CCC3C(=C2)N[C@@](C)(C(N)=O)C=C3C2=CC=C(F)C=CC2)C1=O. The van der Waals surface area contributed by atoms with E-state index in [1.54, 1.807) is 31.0 Å². The zero-order valence-corrected chi connectivity index (χ0v) is 17.3. The molecule has 3 N–H and O–H groups in total. The molecule has 4 aliphatic rings. The van der Waals surface area contributed by atoms with Gasteiger partial charge in [0.25, 0.3) is 0 Å². The summed E-state index contributed by atoms with van der Waals surface area (Å²) < 4.78 is 13.7. The molecule has 0 saturated carbocycles. The summed E-state index contributed by atoms with van der Waals surface area (Å²) in [4.78, 5) is 28.0. The Kier molecular flexibility index (Phi) is 5.13. The molecule has 0 radical (unpaired) electrons. The number of carbonyl (C=O) groups is 2. The second-order valence-electron chi connectivity index (χ2n) is 8.43. The van der Waals surface area contributed by atoms with Crippen LogP contribution in [0.1, 0.15) is 19.8 Å². The maximum Gasteiger partial charge on any atom is 0.320 e. The van der Waals surface area contributed by atoms with Gasteiger partial charge in [-0.05, 0) is 60.8 Å². The van der Waals surface area contributed by atoms with E-state index >= 15 is 0 Å². The van der Waals surface area contributed by atoms with Crippen LogP contribution in [-0.2, 0) is 4.79 Å². The topological polar surface area (TPSA) is 78.7 Å². The molecule has 4 rings (SSSR count). The number of allylic oxidation sites excluding steroid dienone is 8. The summed E-state index contributed by atoms with van der Waals surface area (Å²) in [5.41, 5.74) is 8.58. The highest BCUT2D eigenvalue weighted by molar-refractivity contribution is 5.88. The maximum atomic E-state index is 13.7. The van der Waals surface area contributed by atoms with Crippen molar-refractivity contribution in [3.63, 3.8) is 0 Å². The van der Waals surface area contributed by atoms with Crippen LogP contribution in [-0.4, -0.2) is 54.0 Å². The zero-order chi connectivity index (χ0) is 21.5. The van der Waals surface area contributed by atoms with E-state index < -0.39 is 11.4 Å². The van der Waals surface area contributed by atoms with Crippen molar-refractivity contribution in [3.8, 4) is 0 Å². The fourth-order valence-corrected chi connectivity index (χ4v) is 4.37. The summed E-state index contributed by atoms with van der Waals surface area (Å²) in [6.07, 6.45) is 13.8. The first-order chi connectivity index (χ1) is 14.3. The fraction of sp³-hybridized carbons (Fsp3) is 0.391. The highest BCUT2D eigenvalue weighted by Crippen LogP contribution is 2.40. The van der Waals surface area contributed by atoms with E-state index in [-0.39, 0.29) is 17.8 Å². The van der Waals surface area contributed by atoms with E-state index in [2.05, 4.69) is 11.4 Å². The second kappa shape index (κ2) is 7.63. The molecule has 0 aromatic heterocycles. The first kappa shape index (κ1) is 20.2. The molecule has 3 amide bonds. The van der Waals surface area contributed by atoms with Gasteiger partial charge in [0.15, 0.2) is 0 Å². The predicted octanol–water partition coefficient (Wildman–Crippen LogP) is 2.70. The predicted molar refractivity (Wildman–Crippen MR) is 114 cm³/mol. The minimum absolute atomic E-state index is 0.0276. The molecule has 1 unspecified atom stereocenters. The molecule has 6 nitrogen and oxygen atoms in total. The van der Waals surface area contributed by atoms with Crippen LogP contribution < -0.4 is 11.1 Å². The molecule has 0 bridgehead atoms. The number of nitrogens with one attached hydrogen (secondary N) is 1. The number of nitrogens with two attached hydrogens (primary N) is 1. The highest BCUT2D eigenvalue weighted by Gasteiger charge is 2.39. The monoisotopic (exact) mass is 410 g/mol. The van der Waals surface area contributed by atoms with Crippen molar-refractivity contribution in [2.24, 2.45) is 11.7 Å². The Hall–Kier alpha value is -3.09. The van der Waals surface area contributed by atoms with E-state index in [0.717, 1.165) is 35.4 Å². The van der Waals surface area contributed by atoms with Crippen molar-refractivity contribution >= 4 is 11.9 Å². The summed E-state index contributed by atoms with van der Waals surface area (Å²) in [6, 6.07) is 0.0276. The van der Waals surface area contributed by atoms with Gasteiger partial charge in [0.1, 0.15) is 11.4 Å². The smallest absolute Gasteiger partial charge is 0.320 e. The summed E-state index contributed by atoms with van der Waals surface area (Å²) in [6.45, 7) is 3.72. The Balaban J connectivity index is 1.65. The average molecular weight is 410 g/mol. The molecule has 2 heterocycles. The minimum atomic E-state index is -1.04. The van der Waals surface area contributed by atoms with E-state index in [1.165, 1.54) is 12.2 Å². The van der Waals surface area contributed by atoms with Crippen LogP contribution in [0.4, 0.5) is 9.18 Å². The van der Waals surface area contributed by atoms with Gasteiger partial charge in [-0.25, -0.2) is 9.18 Å². The summed E-state index contributed by atoms with van der Waals surface area (Å²) in [7, 11) is 1.80. The number of fused-ring (bicyclic) bond motifs is 1. The van der Waals surface area contributed by atoms with Crippen LogP contribution >= 0.6 is 0 Å². The number of hydrogen-bond acceptors (Lipinski definition) is 3. The van der Waals surface area contributed by atoms with Crippen LogP contribution in [0.25, 0.3) is 0 Å². The van der Waals surface area contributed by atoms with Crippen LogP contribution in [0.2, 0.25) is 0 Å². The van der Waals surface area contributed by atoms with Gasteiger partial charge in [-0.15, -0.1) is 0 Å². The average Bonchev–Trinajstić information content (AvgIpc) is 2.89. The van der Waals surface area contributed by atoms with E-state index in [4.69, 9.17) is 5.73 Å². The van der Waals surface area contributed by atoms with Gasteiger partial charge in [-0.3, -0.25) is 4.79 Å². The standard InChI is InChI=1S/C23H27FN4O2/c1-23(21(25)29)13-19(16-4-3-5-17(24)8-7-16)18-9-6-15(12-20(18)26-23)14-28-11-10-27(2)22(28)30/h3,5-8,12-13,18,26H,4,9-11,14H2,1-2H3,(H2,25,29)/t18?,23-/m1/s1. The van der Waals surface area contributed by atoms with Gasteiger partial charge in [0, 0.05) is 38.3 Å². The lowest BCUT2D eigenvalue weighted by molar-refractivity contribution is -0.122. The Morgan fingerprint density at radius 2 is 2.17 bits per heavy atom. The van der Waals surface area contributed by atoms with Gasteiger partial charge in [-0.2, -0.15) is 0 Å². The minimum Gasteiger partial charge on any atom is -0.371 e. The molecule has 2 aliphatic carbocycles. The lowest BCUT2D eigenvalue weighted by Crippen LogP contribution is -2.55. The van der Waals surface area contributed by atoms with Crippen molar-refractivity contribution in [2.75, 3.05) is 26.7 Å². The molecule has 1 saturated heterocycles. The number of rotatable bonds is 4. The van der Waals surface area contributed by atoms with Crippen LogP contribution in [0.15, 0.2) is 70.8 Å². The first-order valence-electron chi connectivity index (χ1n) is 10.2. The Labute approximate surface area is 176 Å². The third-order valence-corrected chi connectivity index (χ3v) is 6.17. The Morgan fingerprint density at radius 1 is 1.37 bits per heavy atom. The number of amides is 3. The van der Waals surface area contributed by atoms with Crippen molar-refractivity contribution in [2.45, 2.75) is 25.3 Å². The Bertz CT molecular complexity index is 972. The summed E-state index contributed by atoms with van der Waals surface area (Å²) in [5.74, 6) is -0.732.